The van der Waals surface area contributed by atoms with Gasteiger partial charge in [-0.25, -0.2) is 0 Å². The molecule has 0 radical (unpaired) electrons. The summed E-state index contributed by atoms with van der Waals surface area (Å²) in [6.45, 7) is 5.89. The normalized spacial score (nSPS) is 16.7. The van der Waals surface area contributed by atoms with Crippen molar-refractivity contribution in [1.29, 1.82) is 0 Å². The first-order valence-electron chi connectivity index (χ1n) is 11.4. The number of carbonyl (C=O) groups is 1. The molecule has 0 aliphatic carbocycles. The van der Waals surface area contributed by atoms with Gasteiger partial charge in [-0.15, -0.1) is 0 Å². The van der Waals surface area contributed by atoms with E-state index in [-0.39, 0.29) is 5.91 Å². The third-order valence-corrected chi connectivity index (χ3v) is 6.19. The van der Waals surface area contributed by atoms with Crippen molar-refractivity contribution in [3.05, 3.63) is 59.2 Å². The van der Waals surface area contributed by atoms with Gasteiger partial charge in [0, 0.05) is 37.7 Å². The van der Waals surface area contributed by atoms with E-state index in [1.807, 2.05) is 18.2 Å². The van der Waals surface area contributed by atoms with Crippen LogP contribution in [0.4, 0.5) is 0 Å². The second kappa shape index (κ2) is 11.8. The van der Waals surface area contributed by atoms with E-state index in [0.717, 1.165) is 49.5 Å². The lowest BCUT2D eigenvalue weighted by Crippen LogP contribution is -2.35. The van der Waals surface area contributed by atoms with Crippen LogP contribution in [0.3, 0.4) is 0 Å². The van der Waals surface area contributed by atoms with Crippen molar-refractivity contribution in [3.63, 3.8) is 0 Å². The highest BCUT2D eigenvalue weighted by atomic mass is 16.5. The van der Waals surface area contributed by atoms with Gasteiger partial charge in [0.1, 0.15) is 11.5 Å². The van der Waals surface area contributed by atoms with E-state index in [2.05, 4.69) is 41.4 Å². The van der Waals surface area contributed by atoms with Gasteiger partial charge in [0.15, 0.2) is 0 Å². The second-order valence-electron chi connectivity index (χ2n) is 8.41. The largest absolute Gasteiger partial charge is 0.497 e. The van der Waals surface area contributed by atoms with Gasteiger partial charge in [0.25, 0.3) is 0 Å². The zero-order valence-corrected chi connectivity index (χ0v) is 19.2. The van der Waals surface area contributed by atoms with Crippen LogP contribution in [0.1, 0.15) is 49.3 Å². The Hall–Kier alpha value is -2.53. The predicted octanol–water partition coefficient (Wildman–Crippen LogP) is 4.57. The van der Waals surface area contributed by atoms with Crippen LogP contribution in [0.2, 0.25) is 0 Å². The summed E-state index contributed by atoms with van der Waals surface area (Å²) in [6.07, 6.45) is 5.02. The van der Waals surface area contributed by atoms with E-state index in [1.54, 1.807) is 14.2 Å². The number of piperidine rings is 1. The Balaban J connectivity index is 1.42. The zero-order chi connectivity index (χ0) is 22.1. The van der Waals surface area contributed by atoms with Gasteiger partial charge < -0.3 is 14.8 Å². The molecular formula is C26H36N2O3. The van der Waals surface area contributed by atoms with Crippen LogP contribution in [0, 0.1) is 5.92 Å². The van der Waals surface area contributed by atoms with E-state index >= 15 is 0 Å². The van der Waals surface area contributed by atoms with Crippen LogP contribution in [-0.2, 0) is 24.3 Å². The molecule has 0 aromatic heterocycles. The smallest absolute Gasteiger partial charge is 0.220 e. The van der Waals surface area contributed by atoms with Crippen molar-refractivity contribution >= 4 is 5.91 Å². The summed E-state index contributed by atoms with van der Waals surface area (Å²) >= 11 is 0. The van der Waals surface area contributed by atoms with Crippen LogP contribution in [-0.4, -0.2) is 38.1 Å². The lowest BCUT2D eigenvalue weighted by molar-refractivity contribution is -0.121. The van der Waals surface area contributed by atoms with Crippen LogP contribution < -0.4 is 14.8 Å². The minimum Gasteiger partial charge on any atom is -0.497 e. The van der Waals surface area contributed by atoms with E-state index in [0.29, 0.717) is 18.9 Å². The topological polar surface area (TPSA) is 50.8 Å². The summed E-state index contributed by atoms with van der Waals surface area (Å²) in [5.41, 5.74) is 3.72. The van der Waals surface area contributed by atoms with Crippen molar-refractivity contribution in [2.24, 2.45) is 5.92 Å². The van der Waals surface area contributed by atoms with Gasteiger partial charge in [-0.05, 0) is 61.4 Å². The van der Waals surface area contributed by atoms with Crippen LogP contribution in [0.25, 0.3) is 0 Å². The Bertz CT molecular complexity index is 835. The molecular weight excluding hydrogens is 388 g/mol. The number of nitrogens with zero attached hydrogens (tertiary/aromatic N) is 1. The fourth-order valence-electron chi connectivity index (χ4n) is 4.28. The highest BCUT2D eigenvalue weighted by Gasteiger charge is 2.20. The lowest BCUT2D eigenvalue weighted by atomic mass is 9.93. The van der Waals surface area contributed by atoms with Crippen LogP contribution >= 0.6 is 0 Å². The molecule has 5 heteroatoms. The molecule has 0 spiro atoms. The maximum atomic E-state index is 12.4. The average molecular weight is 425 g/mol. The first-order valence-corrected chi connectivity index (χ1v) is 11.4. The third kappa shape index (κ3) is 7.00. The molecule has 1 atom stereocenters. The average Bonchev–Trinajstić information content (AvgIpc) is 2.82. The summed E-state index contributed by atoms with van der Waals surface area (Å²) in [4.78, 5) is 15.0. The SMILES string of the molecule is CCc1ccc(CN2CCC[C@@H](CCC(=O)NCc3ccc(OC)cc3OC)C2)cc1. The minimum absolute atomic E-state index is 0.102. The van der Waals surface area contributed by atoms with Gasteiger partial charge in [-0.2, -0.15) is 0 Å². The molecule has 0 saturated carbocycles. The van der Waals surface area contributed by atoms with Gasteiger partial charge >= 0.3 is 0 Å². The highest BCUT2D eigenvalue weighted by Crippen LogP contribution is 2.25. The maximum Gasteiger partial charge on any atom is 0.220 e. The van der Waals surface area contributed by atoms with E-state index in [1.165, 1.54) is 24.0 Å². The molecule has 5 nitrogen and oxygen atoms in total. The standard InChI is InChI=1S/C26H36N2O3/c1-4-20-7-9-22(10-8-20)19-28-15-5-6-21(18-28)11-14-26(29)27-17-23-12-13-24(30-2)16-25(23)31-3/h7-10,12-13,16,21H,4-6,11,14-15,17-19H2,1-3H3,(H,27,29)/t21-/m0/s1. The first-order chi connectivity index (χ1) is 15.1. The Morgan fingerprint density at radius 3 is 2.58 bits per heavy atom. The number of likely N-dealkylation sites (tertiary alicyclic amines) is 1. The highest BCUT2D eigenvalue weighted by molar-refractivity contribution is 5.75. The molecule has 1 aliphatic rings. The number of amides is 1. The molecule has 2 aromatic rings. The van der Waals surface area contributed by atoms with E-state index < -0.39 is 0 Å². The Labute approximate surface area is 186 Å². The van der Waals surface area contributed by atoms with Crippen molar-refractivity contribution in [3.8, 4) is 11.5 Å². The molecule has 1 saturated heterocycles. The van der Waals surface area contributed by atoms with Gasteiger partial charge in [-0.1, -0.05) is 31.2 Å². The summed E-state index contributed by atoms with van der Waals surface area (Å²) in [5.74, 6) is 2.17. The molecule has 168 valence electrons. The molecule has 0 unspecified atom stereocenters. The number of carbonyl (C=O) groups excluding carboxylic acids is 1. The number of nitrogens with one attached hydrogen (secondary N) is 1. The summed E-state index contributed by atoms with van der Waals surface area (Å²) in [7, 11) is 3.26. The Morgan fingerprint density at radius 1 is 1.10 bits per heavy atom. The molecule has 1 amide bonds. The quantitative estimate of drug-likeness (QED) is 0.607. The molecule has 1 heterocycles. The van der Waals surface area contributed by atoms with Crippen molar-refractivity contribution < 1.29 is 14.3 Å². The van der Waals surface area contributed by atoms with Crippen molar-refractivity contribution in [2.75, 3.05) is 27.3 Å². The number of aryl methyl sites for hydroxylation is 1. The van der Waals surface area contributed by atoms with Crippen molar-refractivity contribution in [2.45, 2.75) is 52.1 Å². The number of benzene rings is 2. The number of hydrogen-bond donors (Lipinski definition) is 1. The molecule has 3 rings (SSSR count). The molecule has 31 heavy (non-hydrogen) atoms. The molecule has 2 aromatic carbocycles. The predicted molar refractivity (Wildman–Crippen MR) is 124 cm³/mol. The second-order valence-corrected chi connectivity index (χ2v) is 8.41. The maximum absolute atomic E-state index is 12.4. The molecule has 1 aliphatic heterocycles. The lowest BCUT2D eigenvalue weighted by Gasteiger charge is -2.32. The summed E-state index contributed by atoms with van der Waals surface area (Å²) in [5, 5.41) is 3.04. The monoisotopic (exact) mass is 424 g/mol. The molecule has 0 bridgehead atoms. The summed E-state index contributed by atoms with van der Waals surface area (Å²) < 4.78 is 10.6. The first kappa shape index (κ1) is 23.1. The van der Waals surface area contributed by atoms with Crippen LogP contribution in [0.15, 0.2) is 42.5 Å². The van der Waals surface area contributed by atoms with Gasteiger partial charge in [0.2, 0.25) is 5.91 Å². The number of ether oxygens (including phenoxy) is 2. The Morgan fingerprint density at radius 2 is 1.87 bits per heavy atom. The summed E-state index contributed by atoms with van der Waals surface area (Å²) in [6, 6.07) is 14.6. The van der Waals surface area contributed by atoms with Gasteiger partial charge in [0.05, 0.1) is 14.2 Å². The minimum atomic E-state index is 0.102. The molecule has 1 fully saturated rings. The number of methoxy groups -OCH3 is 2. The fourth-order valence-corrected chi connectivity index (χ4v) is 4.28. The van der Waals surface area contributed by atoms with E-state index in [9.17, 15) is 4.79 Å². The zero-order valence-electron chi connectivity index (χ0n) is 19.2. The van der Waals surface area contributed by atoms with Crippen molar-refractivity contribution in [1.82, 2.24) is 10.2 Å². The van der Waals surface area contributed by atoms with Gasteiger partial charge in [-0.3, -0.25) is 9.69 Å². The third-order valence-electron chi connectivity index (χ3n) is 6.19. The van der Waals surface area contributed by atoms with E-state index in [4.69, 9.17) is 9.47 Å². The Kier molecular flexibility index (Phi) is 8.77. The van der Waals surface area contributed by atoms with Crippen LogP contribution in [0.5, 0.6) is 11.5 Å². The fraction of sp³-hybridized carbons (Fsp3) is 0.500. The molecule has 1 N–H and O–H groups in total. The number of hydrogen-bond acceptors (Lipinski definition) is 4. The number of rotatable bonds is 10.